The fourth-order valence-electron chi connectivity index (χ4n) is 3.36. The summed E-state index contributed by atoms with van der Waals surface area (Å²) in [5.74, 6) is 0.525. The third-order valence-electron chi connectivity index (χ3n) is 4.81. The van der Waals surface area contributed by atoms with Crippen LogP contribution in [0.2, 0.25) is 0 Å². The summed E-state index contributed by atoms with van der Waals surface area (Å²) in [5, 5.41) is 4.82. The third kappa shape index (κ3) is 3.90. The van der Waals surface area contributed by atoms with Crippen molar-refractivity contribution in [2.24, 2.45) is 0 Å². The van der Waals surface area contributed by atoms with Crippen LogP contribution in [0, 0.1) is 0 Å². The molecule has 7 heteroatoms. The van der Waals surface area contributed by atoms with Gasteiger partial charge in [-0.3, -0.25) is 4.79 Å². The van der Waals surface area contributed by atoms with Crippen LogP contribution >= 0.6 is 11.3 Å². The molecule has 0 saturated carbocycles. The molecular weight excluding hydrogens is 374 g/mol. The first-order chi connectivity index (χ1) is 13.6. The van der Waals surface area contributed by atoms with Crippen molar-refractivity contribution in [3.8, 4) is 0 Å². The van der Waals surface area contributed by atoms with Crippen LogP contribution in [0.4, 0.5) is 11.4 Å². The van der Waals surface area contributed by atoms with E-state index in [1.54, 1.807) is 0 Å². The van der Waals surface area contributed by atoms with Crippen molar-refractivity contribution in [1.82, 2.24) is 5.32 Å². The Labute approximate surface area is 168 Å². The predicted molar refractivity (Wildman–Crippen MR) is 112 cm³/mol. The van der Waals surface area contributed by atoms with Crippen molar-refractivity contribution in [3.05, 3.63) is 71.4 Å². The molecule has 146 valence electrons. The Bertz CT molecular complexity index is 864. The molecule has 2 aliphatic rings. The second kappa shape index (κ2) is 8.08. The summed E-state index contributed by atoms with van der Waals surface area (Å²) in [6.07, 6.45) is -0.130. The predicted octanol–water partition coefficient (Wildman–Crippen LogP) is 3.20. The molecule has 2 aliphatic heterocycles. The average Bonchev–Trinajstić information content (AvgIpc) is 3.37. The summed E-state index contributed by atoms with van der Waals surface area (Å²) in [4.78, 5) is 17.0. The minimum absolute atomic E-state index is 0.0715. The number of thiophene rings is 1. The Balaban J connectivity index is 1.36. The van der Waals surface area contributed by atoms with Gasteiger partial charge in [0.05, 0.1) is 31.2 Å². The van der Waals surface area contributed by atoms with Crippen LogP contribution in [0.1, 0.15) is 9.67 Å². The molecule has 6 nitrogen and oxygen atoms in total. The van der Waals surface area contributed by atoms with Gasteiger partial charge >= 0.3 is 0 Å². The lowest BCUT2D eigenvalue weighted by molar-refractivity contribution is 0.0923. The van der Waals surface area contributed by atoms with Gasteiger partial charge in [0.25, 0.3) is 5.91 Å². The molecule has 4 rings (SSSR count). The van der Waals surface area contributed by atoms with Gasteiger partial charge in [-0.25, -0.2) is 0 Å². The molecule has 1 aromatic heterocycles. The topological polar surface area (TPSA) is 54.0 Å². The van der Waals surface area contributed by atoms with Crippen molar-refractivity contribution >= 4 is 28.6 Å². The van der Waals surface area contributed by atoms with E-state index >= 15 is 0 Å². The Morgan fingerprint density at radius 2 is 1.93 bits per heavy atom. The first-order valence-electron chi connectivity index (χ1n) is 9.20. The Morgan fingerprint density at radius 3 is 2.61 bits per heavy atom. The Kier molecular flexibility index (Phi) is 5.36. The number of carbonyl (C=O) groups is 1. The Hall–Kier alpha value is -2.77. The fraction of sp³-hybridized carbons (Fsp3) is 0.286. The fourth-order valence-corrected chi connectivity index (χ4v) is 4.00. The molecule has 0 bridgehead atoms. The lowest BCUT2D eigenvalue weighted by atomic mass is 10.2. The zero-order chi connectivity index (χ0) is 19.5. The van der Waals surface area contributed by atoms with Crippen molar-refractivity contribution < 1.29 is 14.3 Å². The second-order valence-corrected chi connectivity index (χ2v) is 7.67. The number of morpholine rings is 1. The standard InChI is InChI=1S/C21H23N3O3S/c1-15-14-26-10-9-23(15)17-5-7-18(8-6-17)24-13-19(27-16(24)2)12-22-21(25)20-4-3-11-28-20/h3-8,11,19H,1-2,9-10,12-14H2,(H,22,25). The number of hydrogen-bond donors (Lipinski definition) is 1. The summed E-state index contributed by atoms with van der Waals surface area (Å²) in [7, 11) is 0. The van der Waals surface area contributed by atoms with E-state index in [0.717, 1.165) is 23.6 Å². The number of ether oxygens (including phenoxy) is 2. The molecule has 0 aliphatic carbocycles. The van der Waals surface area contributed by atoms with Crippen molar-refractivity contribution in [1.29, 1.82) is 0 Å². The average molecular weight is 398 g/mol. The van der Waals surface area contributed by atoms with Gasteiger partial charge in [-0.1, -0.05) is 12.6 Å². The van der Waals surface area contributed by atoms with Crippen molar-refractivity contribution in [3.63, 3.8) is 0 Å². The molecule has 2 saturated heterocycles. The van der Waals surface area contributed by atoms with Gasteiger partial charge in [0, 0.05) is 23.6 Å². The summed E-state index contributed by atoms with van der Waals surface area (Å²) >= 11 is 1.43. The third-order valence-corrected chi connectivity index (χ3v) is 5.68. The highest BCUT2D eigenvalue weighted by atomic mass is 32.1. The molecule has 1 aromatic carbocycles. The first kappa shape index (κ1) is 18.6. The highest BCUT2D eigenvalue weighted by molar-refractivity contribution is 7.12. The van der Waals surface area contributed by atoms with Crippen molar-refractivity contribution in [2.45, 2.75) is 6.10 Å². The van der Waals surface area contributed by atoms with E-state index in [9.17, 15) is 4.79 Å². The van der Waals surface area contributed by atoms with Crippen LogP contribution in [0.25, 0.3) is 0 Å². The van der Waals surface area contributed by atoms with Gasteiger partial charge < -0.3 is 24.6 Å². The van der Waals surface area contributed by atoms with E-state index in [0.29, 0.717) is 37.1 Å². The summed E-state index contributed by atoms with van der Waals surface area (Å²) in [6, 6.07) is 11.9. The van der Waals surface area contributed by atoms with Crippen LogP contribution in [0.15, 0.2) is 66.5 Å². The zero-order valence-corrected chi connectivity index (χ0v) is 16.4. The highest BCUT2D eigenvalue weighted by Gasteiger charge is 2.28. The molecule has 1 atom stereocenters. The minimum Gasteiger partial charge on any atom is -0.472 e. The summed E-state index contributed by atoms with van der Waals surface area (Å²) in [6.45, 7) is 11.3. The largest absolute Gasteiger partial charge is 0.472 e. The molecule has 0 spiro atoms. The molecule has 0 radical (unpaired) electrons. The maximum atomic E-state index is 12.1. The number of nitrogens with one attached hydrogen (secondary N) is 1. The maximum absolute atomic E-state index is 12.1. The lowest BCUT2D eigenvalue weighted by Crippen LogP contribution is -2.34. The SMILES string of the molecule is C=C1COCCN1c1ccc(N2CC(CNC(=O)c3cccs3)OC2=C)cc1. The Morgan fingerprint density at radius 1 is 1.18 bits per heavy atom. The summed E-state index contributed by atoms with van der Waals surface area (Å²) in [5.41, 5.74) is 3.08. The molecule has 2 fully saturated rings. The molecular formula is C21H23N3O3S. The quantitative estimate of drug-likeness (QED) is 0.840. The van der Waals surface area contributed by atoms with E-state index in [4.69, 9.17) is 9.47 Å². The van der Waals surface area contributed by atoms with Gasteiger partial charge in [0.15, 0.2) is 5.88 Å². The second-order valence-electron chi connectivity index (χ2n) is 6.72. The van der Waals surface area contributed by atoms with Gasteiger partial charge in [-0.2, -0.15) is 0 Å². The van der Waals surface area contributed by atoms with E-state index in [1.807, 2.05) is 22.4 Å². The van der Waals surface area contributed by atoms with Gasteiger partial charge in [0.1, 0.15) is 6.10 Å². The number of nitrogens with zero attached hydrogens (tertiary/aromatic N) is 2. The van der Waals surface area contributed by atoms with Crippen LogP contribution in [-0.2, 0) is 9.47 Å². The maximum Gasteiger partial charge on any atom is 0.261 e. The van der Waals surface area contributed by atoms with Gasteiger partial charge in [-0.05, 0) is 42.3 Å². The van der Waals surface area contributed by atoms with E-state index in [2.05, 4.69) is 47.6 Å². The smallest absolute Gasteiger partial charge is 0.261 e. The molecule has 2 aromatic rings. The van der Waals surface area contributed by atoms with E-state index < -0.39 is 0 Å². The van der Waals surface area contributed by atoms with E-state index in [1.165, 1.54) is 11.3 Å². The molecule has 1 N–H and O–H groups in total. The number of anilines is 2. The zero-order valence-electron chi connectivity index (χ0n) is 15.6. The van der Waals surface area contributed by atoms with Crippen LogP contribution < -0.4 is 15.1 Å². The van der Waals surface area contributed by atoms with Gasteiger partial charge in [-0.15, -0.1) is 11.3 Å². The highest BCUT2D eigenvalue weighted by Crippen LogP contribution is 2.29. The van der Waals surface area contributed by atoms with Gasteiger partial charge in [0.2, 0.25) is 0 Å². The van der Waals surface area contributed by atoms with Crippen molar-refractivity contribution in [2.75, 3.05) is 42.6 Å². The molecule has 3 heterocycles. The number of hydrogen-bond acceptors (Lipinski definition) is 6. The molecule has 1 amide bonds. The number of benzene rings is 1. The number of rotatable bonds is 5. The first-order valence-corrected chi connectivity index (χ1v) is 10.1. The van der Waals surface area contributed by atoms with Crippen LogP contribution in [0.5, 0.6) is 0 Å². The summed E-state index contributed by atoms with van der Waals surface area (Å²) < 4.78 is 11.3. The van der Waals surface area contributed by atoms with E-state index in [-0.39, 0.29) is 12.0 Å². The van der Waals surface area contributed by atoms with Crippen LogP contribution in [0.3, 0.4) is 0 Å². The lowest BCUT2D eigenvalue weighted by Gasteiger charge is -2.31. The molecule has 28 heavy (non-hydrogen) atoms. The normalized spacial score (nSPS) is 19.6. The molecule has 1 unspecified atom stereocenters. The van der Waals surface area contributed by atoms with Crippen LogP contribution in [-0.4, -0.2) is 44.9 Å². The minimum atomic E-state index is -0.130. The number of carbonyl (C=O) groups excluding carboxylic acids is 1. The number of amides is 1. The monoisotopic (exact) mass is 397 g/mol.